The van der Waals surface area contributed by atoms with E-state index in [9.17, 15) is 9.59 Å². The molecular formula is C28H30ClN3O2. The van der Waals surface area contributed by atoms with Gasteiger partial charge in [0.2, 0.25) is 5.91 Å². The minimum absolute atomic E-state index is 0.0554. The zero-order valence-corrected chi connectivity index (χ0v) is 20.1. The summed E-state index contributed by atoms with van der Waals surface area (Å²) in [4.78, 5) is 28.4. The molecule has 1 aliphatic rings. The van der Waals surface area contributed by atoms with E-state index in [1.54, 1.807) is 12.1 Å². The van der Waals surface area contributed by atoms with E-state index in [1.165, 1.54) is 0 Å². The zero-order valence-electron chi connectivity index (χ0n) is 19.3. The van der Waals surface area contributed by atoms with Crippen molar-refractivity contribution in [1.82, 2.24) is 10.2 Å². The summed E-state index contributed by atoms with van der Waals surface area (Å²) in [5.41, 5.74) is 3.09. The van der Waals surface area contributed by atoms with Crippen LogP contribution in [0.4, 0.5) is 5.69 Å². The van der Waals surface area contributed by atoms with Gasteiger partial charge in [-0.25, -0.2) is 0 Å². The summed E-state index contributed by atoms with van der Waals surface area (Å²) < 4.78 is 0. The summed E-state index contributed by atoms with van der Waals surface area (Å²) in [7, 11) is 0. The van der Waals surface area contributed by atoms with Gasteiger partial charge in [-0.2, -0.15) is 0 Å². The molecule has 1 heterocycles. The number of hydrogen-bond donors (Lipinski definition) is 2. The molecule has 4 rings (SSSR count). The van der Waals surface area contributed by atoms with Crippen molar-refractivity contribution >= 4 is 29.1 Å². The SMILES string of the molecule is CC(NC(=O)c1ccccc1NC(=O)C1CCCN(Cc2ccccc2Cl)C1)c1ccccc1. The molecule has 6 heteroatoms. The molecule has 5 nitrogen and oxygen atoms in total. The minimum atomic E-state index is -0.212. The number of nitrogens with one attached hydrogen (secondary N) is 2. The highest BCUT2D eigenvalue weighted by Gasteiger charge is 2.27. The van der Waals surface area contributed by atoms with Gasteiger partial charge in [0.05, 0.1) is 23.2 Å². The van der Waals surface area contributed by atoms with Gasteiger partial charge in [0.1, 0.15) is 0 Å². The summed E-state index contributed by atoms with van der Waals surface area (Å²) in [6.45, 7) is 4.27. The summed E-state index contributed by atoms with van der Waals surface area (Å²) in [5, 5.41) is 6.80. The predicted octanol–water partition coefficient (Wildman–Crippen LogP) is 5.68. The lowest BCUT2D eigenvalue weighted by Crippen LogP contribution is -2.40. The molecule has 0 radical (unpaired) electrons. The van der Waals surface area contributed by atoms with E-state index in [2.05, 4.69) is 15.5 Å². The lowest BCUT2D eigenvalue weighted by Gasteiger charge is -2.32. The van der Waals surface area contributed by atoms with Crippen LogP contribution >= 0.6 is 11.6 Å². The Bertz CT molecular complexity index is 1140. The Hall–Kier alpha value is -3.15. The van der Waals surface area contributed by atoms with Crippen LogP contribution in [-0.2, 0) is 11.3 Å². The third-order valence-corrected chi connectivity index (χ3v) is 6.67. The number of rotatable bonds is 7. The van der Waals surface area contributed by atoms with Crippen LogP contribution in [0.25, 0.3) is 0 Å². The molecule has 3 aromatic carbocycles. The van der Waals surface area contributed by atoms with E-state index >= 15 is 0 Å². The minimum Gasteiger partial charge on any atom is -0.345 e. The average Bonchev–Trinajstić information content (AvgIpc) is 2.86. The molecule has 2 N–H and O–H groups in total. The van der Waals surface area contributed by atoms with E-state index in [0.717, 1.165) is 42.1 Å². The number of anilines is 1. The van der Waals surface area contributed by atoms with Crippen molar-refractivity contribution in [2.45, 2.75) is 32.4 Å². The summed E-state index contributed by atoms with van der Waals surface area (Å²) in [6.07, 6.45) is 1.77. The Kier molecular flexibility index (Phi) is 7.99. The second kappa shape index (κ2) is 11.3. The van der Waals surface area contributed by atoms with Crippen LogP contribution in [-0.4, -0.2) is 29.8 Å². The largest absolute Gasteiger partial charge is 0.345 e. The number of benzene rings is 3. The molecule has 1 aliphatic heterocycles. The fourth-order valence-electron chi connectivity index (χ4n) is 4.41. The van der Waals surface area contributed by atoms with Crippen LogP contribution < -0.4 is 10.6 Å². The van der Waals surface area contributed by atoms with Crippen molar-refractivity contribution in [2.24, 2.45) is 5.92 Å². The lowest BCUT2D eigenvalue weighted by molar-refractivity contribution is -0.121. The van der Waals surface area contributed by atoms with Gasteiger partial charge in [-0.1, -0.05) is 72.3 Å². The molecule has 2 unspecified atom stereocenters. The number of carbonyl (C=O) groups is 2. The molecule has 34 heavy (non-hydrogen) atoms. The van der Waals surface area contributed by atoms with Gasteiger partial charge in [0.25, 0.3) is 5.91 Å². The van der Waals surface area contributed by atoms with Crippen LogP contribution in [0.2, 0.25) is 5.02 Å². The molecule has 0 spiro atoms. The standard InChI is InChI=1S/C28H30ClN3O2/c1-20(21-10-3-2-4-11-21)30-28(34)24-14-6-8-16-26(24)31-27(33)23-13-9-17-32(19-23)18-22-12-5-7-15-25(22)29/h2-8,10-12,14-16,20,23H,9,13,17-19H2,1H3,(H,30,34)(H,31,33). The van der Waals surface area contributed by atoms with Crippen molar-refractivity contribution in [3.8, 4) is 0 Å². The monoisotopic (exact) mass is 475 g/mol. The number of amides is 2. The van der Waals surface area contributed by atoms with Crippen LogP contribution in [0.1, 0.15) is 47.3 Å². The molecule has 0 aromatic heterocycles. The smallest absolute Gasteiger partial charge is 0.253 e. The second-order valence-electron chi connectivity index (χ2n) is 8.81. The van der Waals surface area contributed by atoms with Gasteiger partial charge in [-0.15, -0.1) is 0 Å². The number of hydrogen-bond acceptors (Lipinski definition) is 3. The van der Waals surface area contributed by atoms with Gasteiger partial charge < -0.3 is 10.6 Å². The predicted molar refractivity (Wildman–Crippen MR) is 137 cm³/mol. The molecule has 0 aliphatic carbocycles. The van der Waals surface area contributed by atoms with Crippen molar-refractivity contribution in [3.63, 3.8) is 0 Å². The van der Waals surface area contributed by atoms with E-state index in [1.807, 2.05) is 73.7 Å². The molecule has 2 atom stereocenters. The number of halogens is 1. The maximum absolute atomic E-state index is 13.2. The quantitative estimate of drug-likeness (QED) is 0.462. The number of likely N-dealkylation sites (tertiary alicyclic amines) is 1. The second-order valence-corrected chi connectivity index (χ2v) is 9.21. The molecular weight excluding hydrogens is 446 g/mol. The average molecular weight is 476 g/mol. The molecule has 3 aromatic rings. The molecule has 176 valence electrons. The third-order valence-electron chi connectivity index (χ3n) is 6.30. The third kappa shape index (κ3) is 6.04. The maximum Gasteiger partial charge on any atom is 0.253 e. The van der Waals surface area contributed by atoms with Crippen molar-refractivity contribution in [1.29, 1.82) is 0 Å². The van der Waals surface area contributed by atoms with Gasteiger partial charge >= 0.3 is 0 Å². The fourth-order valence-corrected chi connectivity index (χ4v) is 4.60. The van der Waals surface area contributed by atoms with Gasteiger partial charge in [-0.3, -0.25) is 14.5 Å². The van der Waals surface area contributed by atoms with E-state index in [-0.39, 0.29) is 23.8 Å². The first-order valence-electron chi connectivity index (χ1n) is 11.7. The van der Waals surface area contributed by atoms with Crippen LogP contribution in [0, 0.1) is 5.92 Å². The Labute approximate surface area is 206 Å². The van der Waals surface area contributed by atoms with Gasteiger partial charge in [0.15, 0.2) is 0 Å². The number of carbonyl (C=O) groups excluding carboxylic acids is 2. The zero-order chi connectivity index (χ0) is 23.9. The Morgan fingerprint density at radius 1 is 1.00 bits per heavy atom. The van der Waals surface area contributed by atoms with Crippen molar-refractivity contribution in [2.75, 3.05) is 18.4 Å². The first-order chi connectivity index (χ1) is 16.5. The van der Waals surface area contributed by atoms with Crippen molar-refractivity contribution < 1.29 is 9.59 Å². The lowest BCUT2D eigenvalue weighted by atomic mass is 9.96. The summed E-state index contributed by atoms with van der Waals surface area (Å²) in [6, 6.07) is 24.7. The van der Waals surface area contributed by atoms with E-state index < -0.39 is 0 Å². The van der Waals surface area contributed by atoms with Crippen LogP contribution in [0.3, 0.4) is 0 Å². The summed E-state index contributed by atoms with van der Waals surface area (Å²) in [5.74, 6) is -0.410. The number of para-hydroxylation sites is 1. The molecule has 1 saturated heterocycles. The maximum atomic E-state index is 13.2. The molecule has 2 amide bonds. The van der Waals surface area contributed by atoms with Gasteiger partial charge in [-0.05, 0) is 55.6 Å². The summed E-state index contributed by atoms with van der Waals surface area (Å²) >= 11 is 6.33. The molecule has 1 fully saturated rings. The number of nitrogens with zero attached hydrogens (tertiary/aromatic N) is 1. The first kappa shape index (κ1) is 24.0. The van der Waals surface area contributed by atoms with Crippen LogP contribution in [0.15, 0.2) is 78.9 Å². The highest BCUT2D eigenvalue weighted by Crippen LogP contribution is 2.24. The Balaban J connectivity index is 1.40. The highest BCUT2D eigenvalue weighted by atomic mass is 35.5. The number of piperidine rings is 1. The van der Waals surface area contributed by atoms with Gasteiger partial charge in [0, 0.05) is 18.1 Å². The first-order valence-corrected chi connectivity index (χ1v) is 12.1. The van der Waals surface area contributed by atoms with E-state index in [0.29, 0.717) is 17.8 Å². The normalized spacial score (nSPS) is 17.1. The highest BCUT2D eigenvalue weighted by molar-refractivity contribution is 6.31. The molecule has 0 saturated carbocycles. The van der Waals surface area contributed by atoms with Crippen LogP contribution in [0.5, 0.6) is 0 Å². The fraction of sp³-hybridized carbons (Fsp3) is 0.286. The Morgan fingerprint density at radius 3 is 2.50 bits per heavy atom. The van der Waals surface area contributed by atoms with E-state index in [4.69, 9.17) is 11.6 Å². The topological polar surface area (TPSA) is 61.4 Å². The Morgan fingerprint density at radius 2 is 1.71 bits per heavy atom. The van der Waals surface area contributed by atoms with Crippen molar-refractivity contribution in [3.05, 3.63) is 101 Å². The molecule has 0 bridgehead atoms.